The molecule has 10 unspecified atom stereocenters. The maximum absolute atomic E-state index is 14.5. The average molecular weight is 1150 g/mol. The van der Waals surface area contributed by atoms with Gasteiger partial charge in [0.2, 0.25) is 47.3 Å². The van der Waals surface area contributed by atoms with Gasteiger partial charge in [-0.15, -0.1) is 0 Å². The topological polar surface area (TPSA) is 403 Å². The number of H-pyrrole nitrogens is 1. The number of hydrogen-bond acceptors (Lipinski definition) is 14. The highest BCUT2D eigenvalue weighted by Crippen LogP contribution is 2.15. The zero-order chi connectivity index (χ0) is 61.5. The first kappa shape index (κ1) is 66.8. The van der Waals surface area contributed by atoms with Gasteiger partial charge in [0.1, 0.15) is 54.1 Å². The van der Waals surface area contributed by atoms with Gasteiger partial charge >= 0.3 is 11.9 Å². The van der Waals surface area contributed by atoms with E-state index in [1.807, 2.05) is 32.0 Å². The summed E-state index contributed by atoms with van der Waals surface area (Å²) in [6.07, 6.45) is -0.632. The molecule has 0 fully saturated rings. The van der Waals surface area contributed by atoms with E-state index in [0.29, 0.717) is 16.8 Å². The number of nitrogens with zero attached hydrogens (tertiary/aromatic N) is 1. The first-order valence-corrected chi connectivity index (χ1v) is 27.4. The third-order valence-electron chi connectivity index (χ3n) is 13.3. The standard InChI is InChI=1S/C58H79N11O14/c1-31(2)24-42(63-50(74)40(59)25-35-14-10-8-11-15-35)52(76)65-43(26-36-16-12-9-13-17-36)53(77)66-45(28-38-29-60-30-61-38)55(79)69-49(34(7)70)57(81)62-41(22-23-46(72)73)51(75)64-44(27-37-18-20-39(71)21-19-37)54(78)67-47(32(3)4)56(80)68-48(33(5)6)58(82)83/h8-21,29-34,40-45,47-49,70-71H,22-28,59H2,1-7H3,(H,60,61)(H,62,81)(H,63,74)(H,64,75)(H,65,76)(H,66,77)(H,67,78)(H,68,80)(H,69,79)(H,72,73)(H,82,83). The van der Waals surface area contributed by atoms with E-state index in [2.05, 4.69) is 52.5 Å². The minimum atomic E-state index is -1.89. The summed E-state index contributed by atoms with van der Waals surface area (Å²) in [5.41, 5.74) is 8.42. The fraction of sp³-hybridized carbons (Fsp3) is 0.466. The lowest BCUT2D eigenvalue weighted by Crippen LogP contribution is -2.62. The zero-order valence-corrected chi connectivity index (χ0v) is 47.6. The summed E-state index contributed by atoms with van der Waals surface area (Å²) < 4.78 is 0. The molecule has 0 spiro atoms. The first-order valence-electron chi connectivity index (χ1n) is 27.4. The van der Waals surface area contributed by atoms with Crippen LogP contribution in [0.4, 0.5) is 0 Å². The Hall–Kier alpha value is -8.71. The van der Waals surface area contributed by atoms with Gasteiger partial charge in [0.15, 0.2) is 0 Å². The van der Waals surface area contributed by atoms with E-state index < -0.39 is 144 Å². The van der Waals surface area contributed by atoms with E-state index in [0.717, 1.165) is 12.5 Å². The molecule has 25 heteroatoms. The molecule has 25 nitrogen and oxygen atoms in total. The second-order valence-corrected chi connectivity index (χ2v) is 21.5. The molecule has 0 saturated carbocycles. The number of aromatic nitrogens is 2. The van der Waals surface area contributed by atoms with Crippen LogP contribution in [-0.4, -0.2) is 150 Å². The van der Waals surface area contributed by atoms with Crippen LogP contribution in [0.25, 0.3) is 0 Å². The second-order valence-electron chi connectivity index (χ2n) is 21.5. The fourth-order valence-electron chi connectivity index (χ4n) is 8.72. The van der Waals surface area contributed by atoms with Crippen LogP contribution in [0.1, 0.15) is 90.1 Å². The van der Waals surface area contributed by atoms with Crippen molar-refractivity contribution in [3.63, 3.8) is 0 Å². The number of aliphatic hydroxyl groups is 1. The molecule has 0 saturated heterocycles. The number of imidazole rings is 1. The van der Waals surface area contributed by atoms with Crippen molar-refractivity contribution < 1.29 is 68.4 Å². The number of nitrogens with one attached hydrogen (secondary N) is 9. The number of aliphatic carboxylic acids is 2. The van der Waals surface area contributed by atoms with Gasteiger partial charge < -0.3 is 73.7 Å². The number of nitrogens with two attached hydrogens (primary N) is 1. The summed E-state index contributed by atoms with van der Waals surface area (Å²) >= 11 is 0. The van der Waals surface area contributed by atoms with Crippen molar-refractivity contribution in [3.8, 4) is 5.75 Å². The lowest BCUT2D eigenvalue weighted by molar-refractivity contribution is -0.144. The molecule has 15 N–H and O–H groups in total. The number of carbonyl (C=O) groups is 10. The Kier molecular flexibility index (Phi) is 26.3. The summed E-state index contributed by atoms with van der Waals surface area (Å²) in [6.45, 7) is 11.2. The van der Waals surface area contributed by atoms with Crippen LogP contribution in [0.3, 0.4) is 0 Å². The van der Waals surface area contributed by atoms with Gasteiger partial charge in [0, 0.05) is 37.6 Å². The highest BCUT2D eigenvalue weighted by Gasteiger charge is 2.37. The van der Waals surface area contributed by atoms with Crippen molar-refractivity contribution in [2.75, 3.05) is 0 Å². The summed E-state index contributed by atoms with van der Waals surface area (Å²) in [5.74, 6) is -11.4. The molecule has 0 aliphatic rings. The van der Waals surface area contributed by atoms with E-state index in [1.165, 1.54) is 36.8 Å². The van der Waals surface area contributed by atoms with Crippen molar-refractivity contribution in [2.45, 2.75) is 154 Å². The maximum Gasteiger partial charge on any atom is 0.326 e. The predicted octanol–water partition coefficient (Wildman–Crippen LogP) is 0.280. The Morgan fingerprint density at radius 2 is 0.916 bits per heavy atom. The molecule has 3 aromatic carbocycles. The summed E-state index contributed by atoms with van der Waals surface area (Å²) in [6, 6.07) is 10.3. The normalized spacial score (nSPS) is 14.9. The van der Waals surface area contributed by atoms with Gasteiger partial charge in [0.05, 0.1) is 18.5 Å². The van der Waals surface area contributed by atoms with Gasteiger partial charge in [-0.1, -0.05) is 114 Å². The second kappa shape index (κ2) is 32.7. The van der Waals surface area contributed by atoms with E-state index in [4.69, 9.17) is 5.73 Å². The average Bonchev–Trinajstić information content (AvgIpc) is 3.98. The number of phenolic OH excluding ortho intramolecular Hbond substituents is 1. The van der Waals surface area contributed by atoms with Crippen molar-refractivity contribution in [2.24, 2.45) is 23.5 Å². The molecule has 1 heterocycles. The van der Waals surface area contributed by atoms with Crippen molar-refractivity contribution in [1.82, 2.24) is 52.5 Å². The number of aromatic hydroxyl groups is 1. The molecule has 0 radical (unpaired) electrons. The number of carboxylic acids is 2. The van der Waals surface area contributed by atoms with E-state index >= 15 is 0 Å². The molecule has 8 amide bonds. The van der Waals surface area contributed by atoms with Gasteiger partial charge in [-0.2, -0.15) is 0 Å². The van der Waals surface area contributed by atoms with Crippen LogP contribution in [0.5, 0.6) is 5.75 Å². The smallest absolute Gasteiger partial charge is 0.326 e. The number of aromatic amines is 1. The molecule has 0 aliphatic heterocycles. The largest absolute Gasteiger partial charge is 0.508 e. The van der Waals surface area contributed by atoms with Crippen LogP contribution >= 0.6 is 0 Å². The highest BCUT2D eigenvalue weighted by atomic mass is 16.4. The Labute approximate surface area is 481 Å². The van der Waals surface area contributed by atoms with Gasteiger partial charge in [0.25, 0.3) is 0 Å². The van der Waals surface area contributed by atoms with Crippen LogP contribution < -0.4 is 48.3 Å². The summed E-state index contributed by atoms with van der Waals surface area (Å²) in [5, 5.41) is 60.9. The quantitative estimate of drug-likeness (QED) is 0.0305. The monoisotopic (exact) mass is 1150 g/mol. The van der Waals surface area contributed by atoms with Crippen molar-refractivity contribution in [1.29, 1.82) is 0 Å². The molecule has 0 bridgehead atoms. The third-order valence-corrected chi connectivity index (χ3v) is 13.3. The number of hydrogen-bond donors (Lipinski definition) is 14. The molecule has 10 atom stereocenters. The number of aliphatic hydroxyl groups excluding tert-OH is 1. The summed E-state index contributed by atoms with van der Waals surface area (Å²) in [4.78, 5) is 144. The summed E-state index contributed by atoms with van der Waals surface area (Å²) in [7, 11) is 0. The van der Waals surface area contributed by atoms with Crippen LogP contribution in [0.2, 0.25) is 0 Å². The fourth-order valence-corrected chi connectivity index (χ4v) is 8.72. The molecule has 0 aliphatic carbocycles. The van der Waals surface area contributed by atoms with Gasteiger partial charge in [-0.05, 0) is 72.8 Å². The molecular formula is C58H79N11O14. The molecule has 4 aromatic rings. The first-order chi connectivity index (χ1) is 39.2. The Morgan fingerprint density at radius 3 is 1.39 bits per heavy atom. The minimum absolute atomic E-state index is 0.0955. The molecule has 4 rings (SSSR count). The van der Waals surface area contributed by atoms with Crippen molar-refractivity contribution >= 4 is 59.2 Å². The third kappa shape index (κ3) is 22.3. The van der Waals surface area contributed by atoms with Crippen molar-refractivity contribution in [3.05, 3.63) is 120 Å². The van der Waals surface area contributed by atoms with Gasteiger partial charge in [-0.3, -0.25) is 43.2 Å². The Balaban J connectivity index is 1.61. The Morgan fingerprint density at radius 1 is 0.494 bits per heavy atom. The molecule has 1 aromatic heterocycles. The molecule has 83 heavy (non-hydrogen) atoms. The van der Waals surface area contributed by atoms with E-state index in [9.17, 15) is 68.4 Å². The predicted molar refractivity (Wildman–Crippen MR) is 303 cm³/mol. The lowest BCUT2D eigenvalue weighted by Gasteiger charge is -2.29. The Bertz CT molecular complexity index is 2800. The minimum Gasteiger partial charge on any atom is -0.508 e. The number of benzene rings is 3. The van der Waals surface area contributed by atoms with Crippen LogP contribution in [0.15, 0.2) is 97.5 Å². The van der Waals surface area contributed by atoms with Gasteiger partial charge in [-0.25, -0.2) is 9.78 Å². The van der Waals surface area contributed by atoms with E-state index in [-0.39, 0.29) is 43.8 Å². The maximum atomic E-state index is 14.5. The zero-order valence-electron chi connectivity index (χ0n) is 47.6. The number of amides is 8. The number of rotatable bonds is 33. The number of phenols is 1. The number of carboxylic acid groups (broad SMARTS) is 2. The molecular weight excluding hydrogens is 1070 g/mol. The highest BCUT2D eigenvalue weighted by molar-refractivity contribution is 5.98. The lowest BCUT2D eigenvalue weighted by atomic mass is 9.98. The number of carbonyl (C=O) groups excluding carboxylic acids is 8. The SMILES string of the molecule is CC(C)CC(NC(=O)C(N)Cc1ccccc1)C(=O)NC(Cc1ccccc1)C(=O)NC(Cc1cnc[nH]1)C(=O)NC(C(=O)NC(CCC(=O)O)C(=O)NC(Cc1ccc(O)cc1)C(=O)NC(C(=O)NC(C(=O)O)C(C)C)C(C)C)C(C)O. The van der Waals surface area contributed by atoms with E-state index in [1.54, 1.807) is 70.2 Å². The molecule has 450 valence electrons. The van der Waals surface area contributed by atoms with Crippen LogP contribution in [0, 0.1) is 17.8 Å². The van der Waals surface area contributed by atoms with Crippen LogP contribution in [-0.2, 0) is 73.6 Å².